The van der Waals surface area contributed by atoms with Crippen molar-refractivity contribution in [2.45, 2.75) is 64.0 Å². The SMILES string of the molecule is CC1CCCNC1CC(=O)NCCCC(=O)NC1CC1. The second-order valence-electron chi connectivity index (χ2n) is 6.18. The first-order valence-electron chi connectivity index (χ1n) is 7.94. The van der Waals surface area contributed by atoms with Gasteiger partial charge in [0.15, 0.2) is 0 Å². The summed E-state index contributed by atoms with van der Waals surface area (Å²) in [6.07, 6.45) is 6.42. The van der Waals surface area contributed by atoms with Crippen LogP contribution in [0.15, 0.2) is 0 Å². The number of carbonyl (C=O) groups excluding carboxylic acids is 2. The van der Waals surface area contributed by atoms with Crippen LogP contribution < -0.4 is 16.0 Å². The minimum atomic E-state index is 0.0962. The topological polar surface area (TPSA) is 70.2 Å². The Morgan fingerprint density at radius 2 is 2.00 bits per heavy atom. The van der Waals surface area contributed by atoms with Crippen LogP contribution in [0.1, 0.15) is 51.9 Å². The van der Waals surface area contributed by atoms with E-state index in [1.807, 2.05) is 0 Å². The van der Waals surface area contributed by atoms with Gasteiger partial charge in [-0.15, -0.1) is 0 Å². The fourth-order valence-corrected chi connectivity index (χ4v) is 2.66. The lowest BCUT2D eigenvalue weighted by Crippen LogP contribution is -2.43. The Labute approximate surface area is 121 Å². The van der Waals surface area contributed by atoms with Crippen LogP contribution in [0, 0.1) is 5.92 Å². The van der Waals surface area contributed by atoms with Crippen LogP contribution in [0.2, 0.25) is 0 Å². The Bertz CT molecular complexity index is 342. The summed E-state index contributed by atoms with van der Waals surface area (Å²) in [7, 11) is 0. The summed E-state index contributed by atoms with van der Waals surface area (Å²) < 4.78 is 0. The average molecular weight is 281 g/mol. The van der Waals surface area contributed by atoms with Crippen LogP contribution in [-0.2, 0) is 9.59 Å². The zero-order valence-electron chi connectivity index (χ0n) is 12.4. The molecule has 2 aliphatic rings. The number of piperidine rings is 1. The lowest BCUT2D eigenvalue weighted by atomic mass is 9.90. The molecule has 0 bridgehead atoms. The largest absolute Gasteiger partial charge is 0.356 e. The first-order valence-corrected chi connectivity index (χ1v) is 7.94. The molecule has 1 aliphatic carbocycles. The van der Waals surface area contributed by atoms with Crippen LogP contribution in [-0.4, -0.2) is 37.0 Å². The molecule has 114 valence electrons. The lowest BCUT2D eigenvalue weighted by molar-refractivity contribution is -0.123. The molecule has 1 aliphatic heterocycles. The monoisotopic (exact) mass is 281 g/mol. The summed E-state index contributed by atoms with van der Waals surface area (Å²) in [5.74, 6) is 0.780. The highest BCUT2D eigenvalue weighted by Crippen LogP contribution is 2.19. The molecule has 0 aromatic rings. The predicted octanol–water partition coefficient (Wildman–Crippen LogP) is 0.940. The maximum atomic E-state index is 11.8. The summed E-state index contributed by atoms with van der Waals surface area (Å²) in [6, 6.07) is 0.734. The van der Waals surface area contributed by atoms with Crippen LogP contribution in [0.4, 0.5) is 0 Å². The second kappa shape index (κ2) is 7.62. The van der Waals surface area contributed by atoms with Crippen molar-refractivity contribution in [1.82, 2.24) is 16.0 Å². The summed E-state index contributed by atoms with van der Waals surface area (Å²) >= 11 is 0. The first-order chi connectivity index (χ1) is 9.65. The van der Waals surface area contributed by atoms with E-state index in [2.05, 4.69) is 22.9 Å². The zero-order chi connectivity index (χ0) is 14.4. The van der Waals surface area contributed by atoms with Gasteiger partial charge in [-0.25, -0.2) is 0 Å². The molecule has 0 aromatic carbocycles. The molecule has 2 rings (SSSR count). The molecule has 1 saturated heterocycles. The van der Waals surface area contributed by atoms with Gasteiger partial charge in [0.1, 0.15) is 0 Å². The van der Waals surface area contributed by atoms with Crippen molar-refractivity contribution in [3.8, 4) is 0 Å². The van der Waals surface area contributed by atoms with Crippen LogP contribution in [0.3, 0.4) is 0 Å². The Kier molecular flexibility index (Phi) is 5.83. The number of hydrogen-bond acceptors (Lipinski definition) is 3. The second-order valence-corrected chi connectivity index (χ2v) is 6.18. The van der Waals surface area contributed by atoms with E-state index in [1.165, 1.54) is 12.8 Å². The molecule has 5 heteroatoms. The molecule has 2 unspecified atom stereocenters. The number of amides is 2. The van der Waals surface area contributed by atoms with Crippen LogP contribution in [0.25, 0.3) is 0 Å². The van der Waals surface area contributed by atoms with E-state index in [0.717, 1.165) is 25.8 Å². The average Bonchev–Trinajstić information content (AvgIpc) is 3.21. The summed E-state index contributed by atoms with van der Waals surface area (Å²) in [6.45, 7) is 3.81. The maximum Gasteiger partial charge on any atom is 0.221 e. The molecule has 2 fully saturated rings. The molecule has 20 heavy (non-hydrogen) atoms. The Balaban J connectivity index is 1.51. The molecule has 0 spiro atoms. The molecule has 5 nitrogen and oxygen atoms in total. The summed E-state index contributed by atoms with van der Waals surface area (Å²) in [5.41, 5.74) is 0. The molecular weight excluding hydrogens is 254 g/mol. The van der Waals surface area contributed by atoms with Crippen molar-refractivity contribution in [1.29, 1.82) is 0 Å². The van der Waals surface area contributed by atoms with Gasteiger partial charge >= 0.3 is 0 Å². The van der Waals surface area contributed by atoms with E-state index < -0.39 is 0 Å². The molecule has 1 heterocycles. The Morgan fingerprint density at radius 3 is 2.70 bits per heavy atom. The van der Waals surface area contributed by atoms with Gasteiger partial charge in [0, 0.05) is 31.5 Å². The first kappa shape index (κ1) is 15.3. The molecule has 0 aromatic heterocycles. The maximum absolute atomic E-state index is 11.8. The van der Waals surface area contributed by atoms with Gasteiger partial charge in [-0.2, -0.15) is 0 Å². The van der Waals surface area contributed by atoms with Gasteiger partial charge < -0.3 is 16.0 Å². The van der Waals surface area contributed by atoms with Crippen molar-refractivity contribution in [3.05, 3.63) is 0 Å². The van der Waals surface area contributed by atoms with E-state index in [-0.39, 0.29) is 11.8 Å². The van der Waals surface area contributed by atoms with E-state index in [4.69, 9.17) is 0 Å². The normalized spacial score (nSPS) is 26.1. The fraction of sp³-hybridized carbons (Fsp3) is 0.867. The van der Waals surface area contributed by atoms with Crippen molar-refractivity contribution in [3.63, 3.8) is 0 Å². The van der Waals surface area contributed by atoms with Gasteiger partial charge in [0.25, 0.3) is 0 Å². The Morgan fingerprint density at radius 1 is 1.20 bits per heavy atom. The van der Waals surface area contributed by atoms with Crippen LogP contribution in [0.5, 0.6) is 0 Å². The molecule has 2 amide bonds. The highest BCUT2D eigenvalue weighted by Gasteiger charge is 2.24. The fourth-order valence-electron chi connectivity index (χ4n) is 2.66. The minimum Gasteiger partial charge on any atom is -0.356 e. The highest BCUT2D eigenvalue weighted by molar-refractivity contribution is 5.77. The standard InChI is InChI=1S/C15H27N3O2/c1-11-4-2-8-16-13(11)10-15(20)17-9-3-5-14(19)18-12-6-7-12/h11-13,16H,2-10H2,1H3,(H,17,20)(H,18,19). The van der Waals surface area contributed by atoms with Gasteiger partial charge in [0.05, 0.1) is 0 Å². The van der Waals surface area contributed by atoms with E-state index in [0.29, 0.717) is 37.4 Å². The van der Waals surface area contributed by atoms with Crippen LogP contribution >= 0.6 is 0 Å². The van der Waals surface area contributed by atoms with E-state index in [9.17, 15) is 9.59 Å². The smallest absolute Gasteiger partial charge is 0.221 e. The van der Waals surface area contributed by atoms with Gasteiger partial charge in [-0.1, -0.05) is 6.92 Å². The molecule has 3 N–H and O–H groups in total. The van der Waals surface area contributed by atoms with Crippen molar-refractivity contribution in [2.24, 2.45) is 5.92 Å². The van der Waals surface area contributed by atoms with Gasteiger partial charge in [-0.3, -0.25) is 9.59 Å². The molecule has 0 radical (unpaired) electrons. The molecule has 2 atom stereocenters. The van der Waals surface area contributed by atoms with Crippen molar-refractivity contribution >= 4 is 11.8 Å². The van der Waals surface area contributed by atoms with Gasteiger partial charge in [-0.05, 0) is 44.6 Å². The minimum absolute atomic E-state index is 0.0962. The summed E-state index contributed by atoms with van der Waals surface area (Å²) in [4.78, 5) is 23.3. The van der Waals surface area contributed by atoms with Gasteiger partial charge in [0.2, 0.25) is 11.8 Å². The molecular formula is C15H27N3O2. The third kappa shape index (κ3) is 5.49. The predicted molar refractivity (Wildman–Crippen MR) is 78.2 cm³/mol. The van der Waals surface area contributed by atoms with Crippen molar-refractivity contribution in [2.75, 3.05) is 13.1 Å². The highest BCUT2D eigenvalue weighted by atomic mass is 16.2. The Hall–Kier alpha value is -1.10. The zero-order valence-corrected chi connectivity index (χ0v) is 12.4. The third-order valence-electron chi connectivity index (χ3n) is 4.18. The number of rotatable bonds is 7. The number of carbonyl (C=O) groups is 2. The lowest BCUT2D eigenvalue weighted by Gasteiger charge is -2.29. The number of hydrogen-bond donors (Lipinski definition) is 3. The summed E-state index contributed by atoms with van der Waals surface area (Å²) in [5, 5.41) is 9.28. The van der Waals surface area contributed by atoms with E-state index in [1.54, 1.807) is 0 Å². The number of nitrogens with one attached hydrogen (secondary N) is 3. The molecule has 1 saturated carbocycles. The van der Waals surface area contributed by atoms with Crippen molar-refractivity contribution < 1.29 is 9.59 Å². The third-order valence-corrected chi connectivity index (χ3v) is 4.18. The quantitative estimate of drug-likeness (QED) is 0.608. The van der Waals surface area contributed by atoms with E-state index >= 15 is 0 Å².